The molecule has 2 aromatic rings. The van der Waals surface area contributed by atoms with Crippen LogP contribution in [-0.2, 0) is 14.8 Å². The predicted molar refractivity (Wildman–Crippen MR) is 84.8 cm³/mol. The Balaban J connectivity index is 0.00000176. The average Bonchev–Trinajstić information content (AvgIpc) is 2.78. The zero-order valence-electron chi connectivity index (χ0n) is 11.5. The Morgan fingerprint density at radius 2 is 1.68 bits per heavy atom. The van der Waals surface area contributed by atoms with Crippen molar-refractivity contribution < 1.29 is 18.0 Å². The smallest absolute Gasteiger partial charge is 0.275 e. The van der Waals surface area contributed by atoms with E-state index in [0.29, 0.717) is 15.1 Å². The number of sulfonamides is 1. The third-order valence-corrected chi connectivity index (χ3v) is 5.64. The van der Waals surface area contributed by atoms with Crippen LogP contribution >= 0.6 is 15.9 Å². The Kier molecular flexibility index (Phi) is 4.98. The predicted octanol–water partition coefficient (Wildman–Crippen LogP) is 1.46. The number of carbonyl (C=O) groups is 2. The van der Waals surface area contributed by atoms with Crippen molar-refractivity contribution in [3.05, 3.63) is 40.9 Å². The van der Waals surface area contributed by atoms with E-state index in [1.54, 1.807) is 30.3 Å². The van der Waals surface area contributed by atoms with Gasteiger partial charge in [-0.05, 0) is 17.5 Å². The maximum atomic E-state index is 12.6. The number of imide groups is 1. The Bertz CT molecular complexity index is 885. The fraction of sp³-hybridized carbons (Fsp3) is 0.0769. The third-order valence-electron chi connectivity index (χ3n) is 3.16. The minimum Gasteiger partial charge on any atom is -0.275 e. The number of amides is 3. The van der Waals surface area contributed by atoms with Crippen LogP contribution in [0.5, 0.6) is 0 Å². The minimum absolute atomic E-state index is 0. The quantitative estimate of drug-likeness (QED) is 0.620. The van der Waals surface area contributed by atoms with E-state index >= 15 is 0 Å². The molecule has 3 amide bonds. The van der Waals surface area contributed by atoms with Crippen molar-refractivity contribution in [2.75, 3.05) is 6.54 Å². The summed E-state index contributed by atoms with van der Waals surface area (Å²) in [7, 11) is -4.08. The van der Waals surface area contributed by atoms with Crippen LogP contribution in [0.1, 0.15) is 0 Å². The maximum Gasteiger partial charge on any atom is 0.338 e. The molecule has 22 heavy (non-hydrogen) atoms. The van der Waals surface area contributed by atoms with E-state index in [1.165, 1.54) is 6.07 Å². The summed E-state index contributed by atoms with van der Waals surface area (Å²) in [6.07, 6.45) is 0. The Morgan fingerprint density at radius 3 is 2.32 bits per heavy atom. The van der Waals surface area contributed by atoms with Crippen LogP contribution in [0.25, 0.3) is 10.8 Å². The average molecular weight is 392 g/mol. The van der Waals surface area contributed by atoms with Crippen LogP contribution in [0.2, 0.25) is 0 Å². The number of fused-ring (bicyclic) bond motifs is 1. The third kappa shape index (κ3) is 2.81. The van der Waals surface area contributed by atoms with Crippen molar-refractivity contribution in [3.8, 4) is 0 Å². The molecule has 1 heterocycles. The second-order valence-corrected chi connectivity index (χ2v) is 7.14. The van der Waals surface area contributed by atoms with Gasteiger partial charge in [0, 0.05) is 39.4 Å². The zero-order valence-corrected chi connectivity index (χ0v) is 15.9. The number of hydrogen-bond acceptors (Lipinski definition) is 4. The fourth-order valence-corrected chi connectivity index (χ4v) is 4.20. The number of rotatable bonds is 2. The molecule has 0 saturated carbocycles. The molecular formula is C13H9BrN2NaO4S. The molecule has 1 saturated heterocycles. The van der Waals surface area contributed by atoms with E-state index in [1.807, 2.05) is 5.32 Å². The summed E-state index contributed by atoms with van der Waals surface area (Å²) in [4.78, 5) is 22.8. The van der Waals surface area contributed by atoms with Crippen molar-refractivity contribution in [1.29, 1.82) is 0 Å². The van der Waals surface area contributed by atoms with E-state index in [4.69, 9.17) is 0 Å². The van der Waals surface area contributed by atoms with Gasteiger partial charge in [0.05, 0.1) is 4.90 Å². The van der Waals surface area contributed by atoms with E-state index in [2.05, 4.69) is 15.9 Å². The molecule has 109 valence electrons. The molecule has 1 aliphatic heterocycles. The van der Waals surface area contributed by atoms with Gasteiger partial charge in [0.25, 0.3) is 10.0 Å². The Hall–Kier alpha value is -0.930. The van der Waals surface area contributed by atoms with Crippen LogP contribution in [0.4, 0.5) is 4.79 Å². The van der Waals surface area contributed by atoms with E-state index < -0.39 is 28.5 Å². The Morgan fingerprint density at radius 1 is 1.05 bits per heavy atom. The van der Waals surface area contributed by atoms with Gasteiger partial charge < -0.3 is 0 Å². The van der Waals surface area contributed by atoms with Gasteiger partial charge in [-0.2, -0.15) is 0 Å². The molecule has 0 atom stereocenters. The summed E-state index contributed by atoms with van der Waals surface area (Å²) >= 11 is 3.36. The summed E-state index contributed by atoms with van der Waals surface area (Å²) in [5.74, 6) is -0.634. The fourth-order valence-electron chi connectivity index (χ4n) is 2.20. The van der Waals surface area contributed by atoms with Crippen LogP contribution in [0.3, 0.4) is 0 Å². The van der Waals surface area contributed by atoms with Gasteiger partial charge in [0.15, 0.2) is 0 Å². The number of hydrogen-bond donors (Lipinski definition) is 1. The topological polar surface area (TPSA) is 83.6 Å². The molecule has 3 rings (SSSR count). The van der Waals surface area contributed by atoms with Crippen LogP contribution in [0, 0.1) is 0 Å². The monoisotopic (exact) mass is 391 g/mol. The first-order valence-corrected chi connectivity index (χ1v) is 8.18. The Labute approximate surface area is 157 Å². The van der Waals surface area contributed by atoms with Crippen molar-refractivity contribution >= 4 is 78.2 Å². The first kappa shape index (κ1) is 17.4. The maximum absolute atomic E-state index is 12.6. The number of nitrogens with zero attached hydrogens (tertiary/aromatic N) is 1. The summed E-state index contributed by atoms with van der Waals surface area (Å²) in [5.41, 5.74) is 0. The molecule has 2 aromatic carbocycles. The molecular weight excluding hydrogens is 383 g/mol. The second-order valence-electron chi connectivity index (χ2n) is 4.46. The van der Waals surface area contributed by atoms with E-state index in [-0.39, 0.29) is 34.5 Å². The number of benzene rings is 2. The molecule has 1 N–H and O–H groups in total. The van der Waals surface area contributed by atoms with Crippen molar-refractivity contribution in [2.45, 2.75) is 4.90 Å². The molecule has 0 aliphatic carbocycles. The summed E-state index contributed by atoms with van der Waals surface area (Å²) in [6.45, 7) is -0.494. The first-order chi connectivity index (χ1) is 9.91. The van der Waals surface area contributed by atoms with Crippen molar-refractivity contribution in [2.24, 2.45) is 0 Å². The first-order valence-electron chi connectivity index (χ1n) is 5.95. The van der Waals surface area contributed by atoms with Crippen molar-refractivity contribution in [1.82, 2.24) is 9.62 Å². The number of urea groups is 1. The summed E-state index contributed by atoms with van der Waals surface area (Å²) < 4.78 is 26.5. The number of nitrogens with one attached hydrogen (secondary N) is 1. The number of halogens is 1. The van der Waals surface area contributed by atoms with Gasteiger partial charge in [-0.1, -0.05) is 40.2 Å². The van der Waals surface area contributed by atoms with Gasteiger partial charge in [-0.25, -0.2) is 17.5 Å². The molecule has 0 bridgehead atoms. The summed E-state index contributed by atoms with van der Waals surface area (Å²) in [5, 5.41) is 3.16. The van der Waals surface area contributed by atoms with Gasteiger partial charge in [0.2, 0.25) is 5.91 Å². The molecule has 0 unspecified atom stereocenters. The van der Waals surface area contributed by atoms with Gasteiger partial charge in [-0.3, -0.25) is 10.1 Å². The van der Waals surface area contributed by atoms with Crippen LogP contribution < -0.4 is 5.32 Å². The van der Waals surface area contributed by atoms with E-state index in [9.17, 15) is 18.0 Å². The molecule has 1 aliphatic rings. The molecule has 0 spiro atoms. The molecule has 9 heteroatoms. The standard InChI is InChI=1S/C13H9BrN2O4S.Na/c14-10-5-1-4-9-8(10)3-2-6-11(9)21(19,20)16-7-12(17)15-13(16)18;/h1-6H,7H2,(H,15,17,18);. The van der Waals surface area contributed by atoms with Crippen LogP contribution in [-0.4, -0.2) is 60.8 Å². The van der Waals surface area contributed by atoms with Gasteiger partial charge >= 0.3 is 6.03 Å². The van der Waals surface area contributed by atoms with E-state index in [0.717, 1.165) is 4.47 Å². The normalized spacial score (nSPS) is 14.9. The van der Waals surface area contributed by atoms with Crippen LogP contribution in [0.15, 0.2) is 45.8 Å². The number of carbonyl (C=O) groups excluding carboxylic acids is 2. The minimum atomic E-state index is -4.08. The van der Waals surface area contributed by atoms with Gasteiger partial charge in [-0.15, -0.1) is 0 Å². The SMILES string of the molecule is O=C1CN(S(=O)(=O)c2cccc3c(Br)cccc23)C(=O)N1.[Na]. The van der Waals surface area contributed by atoms with Gasteiger partial charge in [0.1, 0.15) is 6.54 Å². The van der Waals surface area contributed by atoms with Crippen molar-refractivity contribution in [3.63, 3.8) is 0 Å². The molecule has 1 radical (unpaired) electrons. The zero-order chi connectivity index (χ0) is 15.2. The largest absolute Gasteiger partial charge is 0.338 e. The molecule has 1 fully saturated rings. The summed E-state index contributed by atoms with van der Waals surface area (Å²) in [6, 6.07) is 9.02. The second kappa shape index (κ2) is 6.29. The molecule has 0 aromatic heterocycles. The molecule has 6 nitrogen and oxygen atoms in total.